The lowest BCUT2D eigenvalue weighted by atomic mass is 10.1. The number of esters is 2. The molecule has 0 rings (SSSR count). The molecule has 0 aliphatic rings. The molecule has 0 aliphatic carbocycles. The van der Waals surface area contributed by atoms with Crippen molar-refractivity contribution in [1.82, 2.24) is 0 Å². The van der Waals surface area contributed by atoms with Crippen LogP contribution in [0.15, 0.2) is 60.8 Å². The van der Waals surface area contributed by atoms with Crippen LogP contribution in [0.2, 0.25) is 0 Å². The van der Waals surface area contributed by atoms with Crippen LogP contribution in [0, 0.1) is 0 Å². The Morgan fingerprint density at radius 2 is 0.873 bits per heavy atom. The van der Waals surface area contributed by atoms with Crippen LogP contribution in [-0.2, 0) is 32.7 Å². The Labute approximate surface area is 385 Å². The van der Waals surface area contributed by atoms with Crippen molar-refractivity contribution in [3.8, 4) is 0 Å². The van der Waals surface area contributed by atoms with Gasteiger partial charge in [0.05, 0.1) is 19.8 Å². The minimum atomic E-state index is -4.63. The quantitative estimate of drug-likeness (QED) is 0.0233. The minimum absolute atomic E-state index is 0.173. The number of hydrogen-bond acceptors (Lipinski definition) is 9. The number of phosphoric ester groups is 1. The van der Waals surface area contributed by atoms with E-state index in [9.17, 15) is 24.2 Å². The van der Waals surface area contributed by atoms with Crippen molar-refractivity contribution in [2.75, 3.05) is 26.4 Å². The summed E-state index contributed by atoms with van der Waals surface area (Å²) in [7, 11) is -4.63. The van der Waals surface area contributed by atoms with E-state index in [1.807, 2.05) is 0 Å². The molecular weight excluding hydrogens is 816 g/mol. The lowest BCUT2D eigenvalue weighted by molar-refractivity contribution is -0.161. The summed E-state index contributed by atoms with van der Waals surface area (Å²) in [6.07, 6.45) is 54.7. The van der Waals surface area contributed by atoms with Crippen molar-refractivity contribution in [3.63, 3.8) is 0 Å². The monoisotopic (exact) mass is 909 g/mol. The van der Waals surface area contributed by atoms with Gasteiger partial charge in [0, 0.05) is 12.8 Å². The predicted molar refractivity (Wildman–Crippen MR) is 260 cm³/mol. The van der Waals surface area contributed by atoms with E-state index in [2.05, 4.69) is 74.6 Å². The molecule has 0 heterocycles. The highest BCUT2D eigenvalue weighted by molar-refractivity contribution is 7.47. The molecule has 0 spiro atoms. The molecule has 3 N–H and O–H groups in total. The number of carbonyl (C=O) groups is 2. The van der Waals surface area contributed by atoms with Crippen molar-refractivity contribution >= 4 is 19.8 Å². The Morgan fingerprint density at radius 3 is 1.33 bits per heavy atom. The van der Waals surface area contributed by atoms with Gasteiger partial charge in [0.25, 0.3) is 0 Å². The minimum Gasteiger partial charge on any atom is -0.462 e. The van der Waals surface area contributed by atoms with Gasteiger partial charge in [0.15, 0.2) is 6.10 Å². The number of carbonyl (C=O) groups excluding carboxylic acids is 2. The highest BCUT2D eigenvalue weighted by atomic mass is 31.2. The number of aliphatic hydroxyl groups is 2. The molecule has 0 radical (unpaired) electrons. The normalized spacial score (nSPS) is 14.2. The van der Waals surface area contributed by atoms with E-state index in [0.29, 0.717) is 12.8 Å². The highest BCUT2D eigenvalue weighted by Crippen LogP contribution is 2.43. The van der Waals surface area contributed by atoms with Crippen LogP contribution in [0.5, 0.6) is 0 Å². The molecule has 0 fully saturated rings. The lowest BCUT2D eigenvalue weighted by Gasteiger charge is -2.20. The zero-order valence-corrected chi connectivity index (χ0v) is 40.9. The molecule has 0 aromatic carbocycles. The lowest BCUT2D eigenvalue weighted by Crippen LogP contribution is -2.29. The average molecular weight is 909 g/mol. The highest BCUT2D eigenvalue weighted by Gasteiger charge is 2.27. The van der Waals surface area contributed by atoms with E-state index in [4.69, 9.17) is 23.6 Å². The van der Waals surface area contributed by atoms with E-state index < -0.39 is 51.8 Å². The number of ether oxygens (including phenoxy) is 2. The van der Waals surface area contributed by atoms with Crippen molar-refractivity contribution < 1.29 is 47.8 Å². The molecule has 0 bridgehead atoms. The molecule has 0 saturated heterocycles. The number of allylic oxidation sites excluding steroid dienone is 10. The molecule has 366 valence electrons. The largest absolute Gasteiger partial charge is 0.472 e. The van der Waals surface area contributed by atoms with Crippen molar-refractivity contribution in [1.29, 1.82) is 0 Å². The van der Waals surface area contributed by atoms with Crippen LogP contribution in [0.25, 0.3) is 0 Å². The van der Waals surface area contributed by atoms with Gasteiger partial charge in [-0.2, -0.15) is 0 Å². The van der Waals surface area contributed by atoms with Crippen LogP contribution in [0.4, 0.5) is 0 Å². The molecular formula is C52H93O10P. The topological polar surface area (TPSA) is 149 Å². The number of aliphatic hydroxyl groups excluding tert-OH is 2. The fourth-order valence-electron chi connectivity index (χ4n) is 6.80. The first-order valence-electron chi connectivity index (χ1n) is 25.2. The summed E-state index contributed by atoms with van der Waals surface area (Å²) in [6, 6.07) is 0. The van der Waals surface area contributed by atoms with Crippen molar-refractivity contribution in [2.24, 2.45) is 0 Å². The van der Waals surface area contributed by atoms with Gasteiger partial charge in [-0.25, -0.2) is 4.57 Å². The van der Waals surface area contributed by atoms with E-state index in [0.717, 1.165) is 70.6 Å². The number of unbranched alkanes of at least 4 members (excludes halogenated alkanes) is 23. The fraction of sp³-hybridized carbons (Fsp3) is 0.769. The average Bonchev–Trinajstić information content (AvgIpc) is 3.27. The van der Waals surface area contributed by atoms with Crippen LogP contribution in [0.1, 0.15) is 219 Å². The van der Waals surface area contributed by atoms with Crippen LogP contribution in [0.3, 0.4) is 0 Å². The summed E-state index contributed by atoms with van der Waals surface area (Å²) >= 11 is 0. The van der Waals surface area contributed by atoms with Crippen LogP contribution < -0.4 is 0 Å². The zero-order valence-electron chi connectivity index (χ0n) is 40.0. The fourth-order valence-corrected chi connectivity index (χ4v) is 7.59. The predicted octanol–water partition coefficient (Wildman–Crippen LogP) is 14.2. The second-order valence-corrected chi connectivity index (χ2v) is 18.3. The molecule has 0 saturated carbocycles. The molecule has 3 unspecified atom stereocenters. The van der Waals surface area contributed by atoms with Crippen molar-refractivity contribution in [2.45, 2.75) is 232 Å². The first-order valence-corrected chi connectivity index (χ1v) is 26.7. The summed E-state index contributed by atoms with van der Waals surface area (Å²) in [5.41, 5.74) is 0. The standard InChI is InChI=1S/C52H93O10P/c1-3-5-7-9-11-13-15-17-19-21-23-24-26-28-30-32-34-36-38-40-42-44-52(56)62-50(48-61-63(57,58)60-46-49(54)45-53)47-59-51(55)43-41-39-37-35-33-31-29-27-25-22-20-18-16-14-12-10-8-6-4-2/h5,7,11,13,17-20,23-24,49-50,53-54H,3-4,6,8-10,12,14-16,21-22,25-48H2,1-2H3,(H,57,58)/b7-5-,13-11-,19-17-,20-18-,24-23-. The van der Waals surface area contributed by atoms with Gasteiger partial charge in [-0.05, 0) is 77.0 Å². The zero-order chi connectivity index (χ0) is 46.2. The van der Waals surface area contributed by atoms with Gasteiger partial charge < -0.3 is 24.6 Å². The van der Waals surface area contributed by atoms with Gasteiger partial charge in [-0.1, -0.05) is 190 Å². The molecule has 0 aliphatic heterocycles. The van der Waals surface area contributed by atoms with E-state index in [1.165, 1.54) is 109 Å². The molecule has 3 atom stereocenters. The molecule has 0 amide bonds. The second kappa shape index (κ2) is 47.6. The Balaban J connectivity index is 4.21. The Bertz CT molecular complexity index is 1230. The third kappa shape index (κ3) is 47.5. The van der Waals surface area contributed by atoms with Gasteiger partial charge >= 0.3 is 19.8 Å². The Kier molecular flexibility index (Phi) is 45.9. The first-order chi connectivity index (χ1) is 30.7. The summed E-state index contributed by atoms with van der Waals surface area (Å²) in [4.78, 5) is 35.2. The molecule has 0 aromatic rings. The second-order valence-electron chi connectivity index (χ2n) is 16.8. The Hall–Kier alpha value is -2.33. The molecule has 63 heavy (non-hydrogen) atoms. The molecule has 10 nitrogen and oxygen atoms in total. The van der Waals surface area contributed by atoms with Gasteiger partial charge in [0.1, 0.15) is 12.7 Å². The van der Waals surface area contributed by atoms with E-state index >= 15 is 0 Å². The molecule has 0 aromatic heterocycles. The van der Waals surface area contributed by atoms with Crippen LogP contribution in [-0.4, -0.2) is 65.7 Å². The molecule has 11 heteroatoms. The smallest absolute Gasteiger partial charge is 0.462 e. The van der Waals surface area contributed by atoms with Crippen molar-refractivity contribution in [3.05, 3.63) is 60.8 Å². The first kappa shape index (κ1) is 60.7. The SMILES string of the molecule is CC/C=C\C/C=C\C/C=C\C/C=C\CCCCCCCCCCC(=O)OC(COC(=O)CCCCCCCCCCC/C=C\CCCCCCCC)COP(=O)(O)OCC(O)CO. The van der Waals surface area contributed by atoms with Gasteiger partial charge in [-0.15, -0.1) is 0 Å². The summed E-state index contributed by atoms with van der Waals surface area (Å²) in [5.74, 6) is -0.933. The summed E-state index contributed by atoms with van der Waals surface area (Å²) in [5, 5.41) is 18.4. The van der Waals surface area contributed by atoms with Gasteiger partial charge in [0.2, 0.25) is 0 Å². The number of hydrogen-bond donors (Lipinski definition) is 3. The summed E-state index contributed by atoms with van der Waals surface area (Å²) in [6.45, 7) is 2.28. The number of phosphoric acid groups is 1. The maximum atomic E-state index is 12.7. The van der Waals surface area contributed by atoms with E-state index in [1.54, 1.807) is 0 Å². The Morgan fingerprint density at radius 1 is 0.492 bits per heavy atom. The number of rotatable bonds is 47. The maximum absolute atomic E-state index is 12.7. The third-order valence-corrected chi connectivity index (χ3v) is 11.6. The summed E-state index contributed by atoms with van der Waals surface area (Å²) < 4.78 is 32.9. The van der Waals surface area contributed by atoms with Crippen LogP contribution >= 0.6 is 7.82 Å². The third-order valence-electron chi connectivity index (χ3n) is 10.7. The van der Waals surface area contributed by atoms with E-state index in [-0.39, 0.29) is 19.4 Å². The maximum Gasteiger partial charge on any atom is 0.472 e. The van der Waals surface area contributed by atoms with Gasteiger partial charge in [-0.3, -0.25) is 18.6 Å².